The number of aromatic nitrogens is 1. The average molecular weight is 739 g/mol. The standard InChI is InChI=1S/C56H38N2/c1-3-15-39(16-4-1)47-22-9-10-24-50(47)42-18-13-21-45(37-42)57(46-34-36-56-54(38-46)53-25-11-12-28-55(53)58(56)43-19-5-2-6-20-43)44-32-29-41(30-33-44)49-26-14-27-51-48-23-8-7-17-40(48)31-35-52(49)51/h1-38H. The number of hydrogen-bond acceptors (Lipinski definition) is 1. The number of hydrogen-bond donors (Lipinski definition) is 0. The monoisotopic (exact) mass is 738 g/mol. The number of nitrogens with zero attached hydrogens (tertiary/aromatic N) is 2. The summed E-state index contributed by atoms with van der Waals surface area (Å²) < 4.78 is 2.38. The first kappa shape index (κ1) is 33.6. The molecule has 0 bridgehead atoms. The summed E-state index contributed by atoms with van der Waals surface area (Å²) in [5, 5.41) is 7.52. The molecule has 2 heteroatoms. The van der Waals surface area contributed by atoms with Crippen LogP contribution in [0.15, 0.2) is 231 Å². The first-order chi connectivity index (χ1) is 28.8. The molecule has 0 aliphatic carbocycles. The molecule has 1 aromatic heterocycles. The van der Waals surface area contributed by atoms with Crippen LogP contribution in [0.2, 0.25) is 0 Å². The molecule has 0 saturated carbocycles. The molecule has 0 aliphatic heterocycles. The van der Waals surface area contributed by atoms with E-state index in [9.17, 15) is 0 Å². The Morgan fingerprint density at radius 3 is 1.67 bits per heavy atom. The molecule has 11 rings (SSSR count). The minimum atomic E-state index is 1.09. The average Bonchev–Trinajstić information content (AvgIpc) is 3.63. The first-order valence-corrected chi connectivity index (χ1v) is 19.9. The molecule has 0 unspecified atom stereocenters. The van der Waals surface area contributed by atoms with Gasteiger partial charge in [0, 0.05) is 33.5 Å². The molecular formula is C56H38N2. The Morgan fingerprint density at radius 2 is 0.845 bits per heavy atom. The summed E-state index contributed by atoms with van der Waals surface area (Å²) in [7, 11) is 0. The summed E-state index contributed by atoms with van der Waals surface area (Å²) in [5.41, 5.74) is 14.0. The SMILES string of the molecule is c1ccc(-c2ccccc2-c2cccc(N(c3ccc(-c4cccc5c4ccc4ccccc45)cc3)c3ccc4c(c3)c3ccccc3n4-c3ccccc3)c2)cc1. The van der Waals surface area contributed by atoms with Gasteiger partial charge in [-0.3, -0.25) is 0 Å². The van der Waals surface area contributed by atoms with E-state index in [4.69, 9.17) is 0 Å². The van der Waals surface area contributed by atoms with Crippen molar-refractivity contribution >= 4 is 60.4 Å². The van der Waals surface area contributed by atoms with Crippen molar-refractivity contribution in [3.63, 3.8) is 0 Å². The number of anilines is 3. The molecule has 0 fully saturated rings. The Bertz CT molecular complexity index is 3270. The number of para-hydroxylation sites is 2. The summed E-state index contributed by atoms with van der Waals surface area (Å²) in [4.78, 5) is 2.41. The van der Waals surface area contributed by atoms with Crippen molar-refractivity contribution in [3.05, 3.63) is 231 Å². The van der Waals surface area contributed by atoms with Crippen LogP contribution in [0.1, 0.15) is 0 Å². The quantitative estimate of drug-likeness (QED) is 0.148. The Hall–Kier alpha value is -7.68. The lowest BCUT2D eigenvalue weighted by molar-refractivity contribution is 1.18. The summed E-state index contributed by atoms with van der Waals surface area (Å²) in [6, 6.07) is 83.7. The molecule has 0 amide bonds. The van der Waals surface area contributed by atoms with Gasteiger partial charge in [-0.2, -0.15) is 0 Å². The molecule has 0 atom stereocenters. The van der Waals surface area contributed by atoms with Crippen molar-refractivity contribution in [3.8, 4) is 39.1 Å². The van der Waals surface area contributed by atoms with Gasteiger partial charge >= 0.3 is 0 Å². The molecule has 10 aromatic carbocycles. The van der Waals surface area contributed by atoms with Gasteiger partial charge in [0.05, 0.1) is 11.0 Å². The van der Waals surface area contributed by atoms with E-state index < -0.39 is 0 Å². The maximum atomic E-state index is 2.41. The molecule has 0 N–H and O–H groups in total. The fourth-order valence-corrected chi connectivity index (χ4v) is 8.90. The van der Waals surface area contributed by atoms with Gasteiger partial charge in [0.15, 0.2) is 0 Å². The maximum absolute atomic E-state index is 2.41. The predicted molar refractivity (Wildman–Crippen MR) is 247 cm³/mol. The molecule has 58 heavy (non-hydrogen) atoms. The molecule has 0 saturated heterocycles. The summed E-state index contributed by atoms with van der Waals surface area (Å²) in [5.74, 6) is 0. The van der Waals surface area contributed by atoms with Crippen molar-refractivity contribution in [1.29, 1.82) is 0 Å². The molecule has 1 heterocycles. The number of fused-ring (bicyclic) bond motifs is 6. The highest BCUT2D eigenvalue weighted by molar-refractivity contribution is 6.13. The van der Waals surface area contributed by atoms with Crippen LogP contribution in [0.5, 0.6) is 0 Å². The van der Waals surface area contributed by atoms with E-state index in [1.54, 1.807) is 0 Å². The predicted octanol–water partition coefficient (Wildman–Crippen LogP) is 15.6. The maximum Gasteiger partial charge on any atom is 0.0542 e. The van der Waals surface area contributed by atoms with E-state index in [2.05, 4.69) is 240 Å². The van der Waals surface area contributed by atoms with Crippen LogP contribution in [0.25, 0.3) is 82.4 Å². The third kappa shape index (κ3) is 5.74. The molecule has 0 spiro atoms. The molecule has 11 aromatic rings. The molecule has 0 aliphatic rings. The van der Waals surface area contributed by atoms with Gasteiger partial charge in [-0.25, -0.2) is 0 Å². The third-order valence-electron chi connectivity index (χ3n) is 11.6. The van der Waals surface area contributed by atoms with E-state index in [0.717, 1.165) is 22.7 Å². The van der Waals surface area contributed by atoms with Gasteiger partial charge < -0.3 is 9.47 Å². The van der Waals surface area contributed by atoms with Gasteiger partial charge in [0.2, 0.25) is 0 Å². The minimum Gasteiger partial charge on any atom is -0.310 e. The minimum absolute atomic E-state index is 1.09. The Kier molecular flexibility index (Phi) is 8.19. The highest BCUT2D eigenvalue weighted by Crippen LogP contribution is 2.43. The normalized spacial score (nSPS) is 11.4. The van der Waals surface area contributed by atoms with Gasteiger partial charge in [-0.05, 0) is 116 Å². The first-order valence-electron chi connectivity index (χ1n) is 19.9. The van der Waals surface area contributed by atoms with Crippen LogP contribution in [0, 0.1) is 0 Å². The van der Waals surface area contributed by atoms with E-state index in [1.165, 1.54) is 76.7 Å². The second-order valence-electron chi connectivity index (χ2n) is 14.9. The zero-order valence-electron chi connectivity index (χ0n) is 31.8. The van der Waals surface area contributed by atoms with Crippen molar-refractivity contribution in [2.24, 2.45) is 0 Å². The topological polar surface area (TPSA) is 8.17 Å². The third-order valence-corrected chi connectivity index (χ3v) is 11.6. The van der Waals surface area contributed by atoms with Gasteiger partial charge in [0.1, 0.15) is 0 Å². The second-order valence-corrected chi connectivity index (χ2v) is 14.9. The highest BCUT2D eigenvalue weighted by Gasteiger charge is 2.19. The van der Waals surface area contributed by atoms with Gasteiger partial charge in [-0.1, -0.05) is 170 Å². The summed E-state index contributed by atoms with van der Waals surface area (Å²) >= 11 is 0. The number of benzene rings is 10. The summed E-state index contributed by atoms with van der Waals surface area (Å²) in [6.07, 6.45) is 0. The number of rotatable bonds is 7. The van der Waals surface area contributed by atoms with Crippen LogP contribution in [0.3, 0.4) is 0 Å². The van der Waals surface area contributed by atoms with Crippen LogP contribution < -0.4 is 4.90 Å². The van der Waals surface area contributed by atoms with Crippen molar-refractivity contribution in [1.82, 2.24) is 4.57 Å². The van der Waals surface area contributed by atoms with Gasteiger partial charge in [0.25, 0.3) is 0 Å². The van der Waals surface area contributed by atoms with Crippen LogP contribution in [-0.2, 0) is 0 Å². The second kappa shape index (κ2) is 14.1. The lowest BCUT2D eigenvalue weighted by Crippen LogP contribution is -2.10. The van der Waals surface area contributed by atoms with E-state index >= 15 is 0 Å². The van der Waals surface area contributed by atoms with Crippen LogP contribution >= 0.6 is 0 Å². The molecule has 2 nitrogen and oxygen atoms in total. The Balaban J connectivity index is 1.09. The largest absolute Gasteiger partial charge is 0.310 e. The lowest BCUT2D eigenvalue weighted by atomic mass is 9.94. The smallest absolute Gasteiger partial charge is 0.0542 e. The van der Waals surface area contributed by atoms with Crippen LogP contribution in [-0.4, -0.2) is 4.57 Å². The summed E-state index contributed by atoms with van der Waals surface area (Å²) in [6.45, 7) is 0. The van der Waals surface area contributed by atoms with E-state index in [-0.39, 0.29) is 0 Å². The lowest BCUT2D eigenvalue weighted by Gasteiger charge is -2.27. The van der Waals surface area contributed by atoms with E-state index in [1.807, 2.05) is 0 Å². The molecular weight excluding hydrogens is 701 g/mol. The fraction of sp³-hybridized carbons (Fsp3) is 0. The fourth-order valence-electron chi connectivity index (χ4n) is 8.90. The Morgan fingerprint density at radius 1 is 0.276 bits per heavy atom. The molecule has 0 radical (unpaired) electrons. The zero-order valence-corrected chi connectivity index (χ0v) is 31.8. The van der Waals surface area contributed by atoms with Crippen molar-refractivity contribution < 1.29 is 0 Å². The van der Waals surface area contributed by atoms with Gasteiger partial charge in [-0.15, -0.1) is 0 Å². The van der Waals surface area contributed by atoms with Crippen molar-refractivity contribution in [2.45, 2.75) is 0 Å². The zero-order chi connectivity index (χ0) is 38.4. The Labute approximate surface area is 338 Å². The molecule has 272 valence electrons. The van der Waals surface area contributed by atoms with E-state index in [0.29, 0.717) is 0 Å². The van der Waals surface area contributed by atoms with Crippen molar-refractivity contribution in [2.75, 3.05) is 4.90 Å². The highest BCUT2D eigenvalue weighted by atomic mass is 15.1. The van der Waals surface area contributed by atoms with Crippen LogP contribution in [0.4, 0.5) is 17.1 Å².